The number of nitrogens with one attached hydrogen (secondary N) is 1. The van der Waals surface area contributed by atoms with E-state index < -0.39 is 65.9 Å². The summed E-state index contributed by atoms with van der Waals surface area (Å²) in [6, 6.07) is 1.23. The van der Waals surface area contributed by atoms with E-state index in [-0.39, 0.29) is 37.9 Å². The summed E-state index contributed by atoms with van der Waals surface area (Å²) in [6.45, 7) is -0.434. The minimum atomic E-state index is -1.56. The number of ether oxygens (including phenoxy) is 2. The van der Waals surface area contributed by atoms with Crippen LogP contribution >= 0.6 is 12.6 Å². The summed E-state index contributed by atoms with van der Waals surface area (Å²) >= 11 is 4.01. The van der Waals surface area contributed by atoms with E-state index in [9.17, 15) is 34.2 Å². The van der Waals surface area contributed by atoms with Gasteiger partial charge in [-0.2, -0.15) is 17.6 Å². The van der Waals surface area contributed by atoms with Crippen molar-refractivity contribution in [2.45, 2.75) is 61.9 Å². The Balaban J connectivity index is 1.95. The molecule has 34 heavy (non-hydrogen) atoms. The van der Waals surface area contributed by atoms with Gasteiger partial charge >= 0.3 is 23.6 Å². The molecule has 14 nitrogen and oxygen atoms in total. The minimum absolute atomic E-state index is 0.0349. The molecule has 0 aromatic carbocycles. The molecule has 0 radical (unpaired) electrons. The number of carbonyl (C=O) groups is 4. The highest BCUT2D eigenvalue weighted by Crippen LogP contribution is 2.28. The Hall–Kier alpha value is -3.01. The molecule has 0 bridgehead atoms. The van der Waals surface area contributed by atoms with Crippen molar-refractivity contribution in [3.05, 3.63) is 22.7 Å². The van der Waals surface area contributed by atoms with E-state index >= 15 is 0 Å². The van der Waals surface area contributed by atoms with Crippen LogP contribution < -0.4 is 11.0 Å². The number of hydrogen-bond donors (Lipinski definition) is 6. The van der Waals surface area contributed by atoms with Crippen LogP contribution in [0, 0.1) is 0 Å². The van der Waals surface area contributed by atoms with E-state index in [2.05, 4.69) is 22.9 Å². The summed E-state index contributed by atoms with van der Waals surface area (Å²) in [5.74, 6) is -3.65. The number of anilines is 1. The molecule has 1 fully saturated rings. The van der Waals surface area contributed by atoms with E-state index in [0.29, 0.717) is 0 Å². The molecule has 5 unspecified atom stereocenters. The molecule has 5 atom stereocenters. The third kappa shape index (κ3) is 7.79. The minimum Gasteiger partial charge on any atom is -0.481 e. The molecule has 0 aliphatic carbocycles. The number of amides is 1. The monoisotopic (exact) mass is 503 g/mol. The number of rotatable bonds is 12. The fraction of sp³-hybridized carbons (Fsp3) is 0.579. The smallest absolute Gasteiger partial charge is 0.351 e. The average Bonchev–Trinajstić information content (AvgIpc) is 3.04. The lowest BCUT2D eigenvalue weighted by atomic mass is 10.1. The molecular formula is C19H25N3O11S. The normalized spacial score (nSPS) is 22.7. The molecule has 1 aliphatic rings. The van der Waals surface area contributed by atoms with E-state index in [1.165, 1.54) is 6.07 Å². The molecule has 0 spiro atoms. The van der Waals surface area contributed by atoms with Gasteiger partial charge in [0.25, 0.3) is 0 Å². The molecule has 15 heteroatoms. The number of carboxylic acids is 2. The molecule has 2 rings (SSSR count). The molecular weight excluding hydrogens is 478 g/mol. The number of thiol groups is 1. The fourth-order valence-corrected chi connectivity index (χ4v) is 3.20. The average molecular weight is 503 g/mol. The van der Waals surface area contributed by atoms with Crippen molar-refractivity contribution in [1.82, 2.24) is 9.55 Å². The SMILES string of the molecule is O=C(O)CCCC(=O)OCC1OC(n2ccc(NC(=O)C(S)CCC(=O)O)nc2=O)C(O)C1O. The zero-order valence-corrected chi connectivity index (χ0v) is 18.7. The quantitative estimate of drug-likeness (QED) is 0.146. The Morgan fingerprint density at radius 1 is 1.15 bits per heavy atom. The number of nitrogens with zero attached hydrogens (tertiary/aromatic N) is 2. The topological polar surface area (TPSA) is 215 Å². The molecule has 1 aliphatic heterocycles. The summed E-state index contributed by atoms with van der Waals surface area (Å²) in [5, 5.41) is 39.1. The van der Waals surface area contributed by atoms with Gasteiger partial charge in [0.15, 0.2) is 6.23 Å². The highest BCUT2D eigenvalue weighted by Gasteiger charge is 2.44. The molecule has 0 saturated carbocycles. The van der Waals surface area contributed by atoms with Crippen LogP contribution in [0.1, 0.15) is 38.3 Å². The second-order valence-electron chi connectivity index (χ2n) is 7.42. The number of aliphatic carboxylic acids is 2. The van der Waals surface area contributed by atoms with Gasteiger partial charge in [0, 0.05) is 25.5 Å². The predicted octanol–water partition coefficient (Wildman–Crippen LogP) is -1.24. The van der Waals surface area contributed by atoms with Crippen LogP contribution in [0.15, 0.2) is 17.1 Å². The fourth-order valence-electron chi connectivity index (χ4n) is 3.00. The predicted molar refractivity (Wildman–Crippen MR) is 115 cm³/mol. The Morgan fingerprint density at radius 3 is 2.44 bits per heavy atom. The van der Waals surface area contributed by atoms with Gasteiger partial charge in [0.2, 0.25) is 5.91 Å². The third-order valence-electron chi connectivity index (χ3n) is 4.81. The van der Waals surface area contributed by atoms with Crippen LogP contribution in [-0.4, -0.2) is 84.0 Å². The first-order valence-corrected chi connectivity index (χ1v) is 10.7. The van der Waals surface area contributed by atoms with Gasteiger partial charge in [-0.1, -0.05) is 0 Å². The van der Waals surface area contributed by atoms with E-state index in [1.54, 1.807) is 0 Å². The van der Waals surface area contributed by atoms with Crippen molar-refractivity contribution in [1.29, 1.82) is 0 Å². The molecule has 5 N–H and O–H groups in total. The van der Waals surface area contributed by atoms with Crippen LogP contribution in [-0.2, 0) is 28.7 Å². The molecule has 2 heterocycles. The highest BCUT2D eigenvalue weighted by atomic mass is 32.1. The van der Waals surface area contributed by atoms with Crippen LogP contribution in [0.4, 0.5) is 5.82 Å². The van der Waals surface area contributed by atoms with Gasteiger partial charge in [-0.15, -0.1) is 0 Å². The Bertz CT molecular complexity index is 969. The molecule has 188 valence electrons. The second kappa shape index (κ2) is 12.5. The van der Waals surface area contributed by atoms with Crippen molar-refractivity contribution in [3.8, 4) is 0 Å². The second-order valence-corrected chi connectivity index (χ2v) is 8.04. The summed E-state index contributed by atoms with van der Waals surface area (Å²) < 4.78 is 11.3. The number of esters is 1. The summed E-state index contributed by atoms with van der Waals surface area (Å²) in [5.41, 5.74) is -0.929. The van der Waals surface area contributed by atoms with Gasteiger partial charge in [-0.05, 0) is 18.9 Å². The van der Waals surface area contributed by atoms with E-state index in [1.807, 2.05) is 0 Å². The largest absolute Gasteiger partial charge is 0.481 e. The maximum atomic E-state index is 12.4. The van der Waals surface area contributed by atoms with Crippen molar-refractivity contribution >= 4 is 42.3 Å². The zero-order valence-electron chi connectivity index (χ0n) is 17.8. The lowest BCUT2D eigenvalue weighted by Crippen LogP contribution is -2.36. The highest BCUT2D eigenvalue weighted by molar-refractivity contribution is 7.81. The lowest BCUT2D eigenvalue weighted by Gasteiger charge is -2.17. The number of aliphatic hydroxyl groups is 2. The number of carboxylic acid groups (broad SMARTS) is 2. The number of carbonyl (C=O) groups excluding carboxylic acids is 2. The van der Waals surface area contributed by atoms with Crippen LogP contribution in [0.5, 0.6) is 0 Å². The molecule has 1 amide bonds. The summed E-state index contributed by atoms with van der Waals surface area (Å²) in [4.78, 5) is 60.8. The molecule has 1 aromatic rings. The van der Waals surface area contributed by atoms with Gasteiger partial charge < -0.3 is 35.2 Å². The van der Waals surface area contributed by atoms with Gasteiger partial charge in [-0.3, -0.25) is 23.7 Å². The van der Waals surface area contributed by atoms with Gasteiger partial charge in [-0.25, -0.2) is 4.79 Å². The Labute approximate surface area is 197 Å². The number of hydrogen-bond acceptors (Lipinski definition) is 11. The first-order valence-electron chi connectivity index (χ1n) is 10.2. The van der Waals surface area contributed by atoms with Crippen molar-refractivity contribution in [3.63, 3.8) is 0 Å². The van der Waals surface area contributed by atoms with Crippen molar-refractivity contribution in [2.75, 3.05) is 11.9 Å². The Kier molecular flexibility index (Phi) is 9.97. The van der Waals surface area contributed by atoms with Crippen molar-refractivity contribution in [2.24, 2.45) is 0 Å². The summed E-state index contributed by atoms with van der Waals surface area (Å²) in [7, 11) is 0. The number of aromatic nitrogens is 2. The maximum absolute atomic E-state index is 12.4. The maximum Gasteiger partial charge on any atom is 0.351 e. The summed E-state index contributed by atoms with van der Waals surface area (Å²) in [6.07, 6.45) is -5.00. The van der Waals surface area contributed by atoms with E-state index in [4.69, 9.17) is 19.7 Å². The lowest BCUT2D eigenvalue weighted by molar-refractivity contribution is -0.150. The van der Waals surface area contributed by atoms with Gasteiger partial charge in [0.1, 0.15) is 30.7 Å². The zero-order chi connectivity index (χ0) is 25.4. The van der Waals surface area contributed by atoms with E-state index in [0.717, 1.165) is 10.8 Å². The van der Waals surface area contributed by atoms with Gasteiger partial charge in [0.05, 0.1) is 5.25 Å². The van der Waals surface area contributed by atoms with Crippen LogP contribution in [0.3, 0.4) is 0 Å². The molecule has 1 aromatic heterocycles. The first-order chi connectivity index (χ1) is 16.0. The van der Waals surface area contributed by atoms with Crippen LogP contribution in [0.2, 0.25) is 0 Å². The third-order valence-corrected chi connectivity index (χ3v) is 5.30. The first kappa shape index (κ1) is 27.2. The van der Waals surface area contributed by atoms with Crippen molar-refractivity contribution < 1.29 is 49.1 Å². The Morgan fingerprint density at radius 2 is 1.82 bits per heavy atom. The molecule has 1 saturated heterocycles. The number of aliphatic hydroxyl groups excluding tert-OH is 2. The standard InChI is InChI=1S/C19H25N3O11S/c23-12(24)2-1-3-14(27)32-8-9-15(28)16(29)18(33-9)22-7-6-11(21-19(22)31)20-17(30)10(34)4-5-13(25)26/h6-7,9-10,15-16,18,28-29,34H,1-5,8H2,(H,23,24)(H,25,26)(H,20,21,30,31). The van der Waals surface area contributed by atoms with Crippen LogP contribution in [0.25, 0.3) is 0 Å².